The number of hydrogen-bond donors (Lipinski definition) is 1. The molecule has 8 heteroatoms. The fourth-order valence-corrected chi connectivity index (χ4v) is 5.13. The summed E-state index contributed by atoms with van der Waals surface area (Å²) in [4.78, 5) is 56.0. The van der Waals surface area contributed by atoms with E-state index >= 15 is 0 Å². The molecule has 2 aromatic rings. The average molecular weight is 419 g/mol. The maximum Gasteiger partial charge on any atom is 0.257 e. The number of likely N-dealkylation sites (tertiary alicyclic amines) is 1. The first-order valence-electron chi connectivity index (χ1n) is 10.2. The zero-order valence-corrected chi connectivity index (χ0v) is 17.1. The lowest BCUT2D eigenvalue weighted by Crippen LogP contribution is -2.48. The number of ether oxygens (including phenoxy) is 1. The normalized spacial score (nSPS) is 26.9. The second-order valence-corrected chi connectivity index (χ2v) is 7.89. The molecule has 4 amide bonds. The first-order chi connectivity index (χ1) is 15.0. The summed E-state index contributed by atoms with van der Waals surface area (Å²) < 4.78 is 5.34. The largest absolute Gasteiger partial charge is 0.497 e. The van der Waals surface area contributed by atoms with Crippen molar-refractivity contribution in [2.45, 2.75) is 19.0 Å². The zero-order chi connectivity index (χ0) is 21.9. The molecule has 0 saturated carbocycles. The van der Waals surface area contributed by atoms with E-state index in [2.05, 4.69) is 5.32 Å². The molecule has 1 N–H and O–H groups in total. The highest BCUT2D eigenvalue weighted by Crippen LogP contribution is 2.52. The van der Waals surface area contributed by atoms with Crippen LogP contribution in [-0.2, 0) is 14.4 Å². The molecule has 0 aromatic heterocycles. The van der Waals surface area contributed by atoms with E-state index in [0.29, 0.717) is 22.6 Å². The van der Waals surface area contributed by atoms with Gasteiger partial charge in [-0.25, -0.2) is 0 Å². The van der Waals surface area contributed by atoms with Crippen LogP contribution < -0.4 is 10.1 Å². The minimum atomic E-state index is -1.07. The van der Waals surface area contributed by atoms with Gasteiger partial charge in [0.2, 0.25) is 17.7 Å². The Hall–Kier alpha value is -3.68. The predicted molar refractivity (Wildman–Crippen MR) is 110 cm³/mol. The maximum atomic E-state index is 13.7. The van der Waals surface area contributed by atoms with Crippen molar-refractivity contribution in [3.63, 3.8) is 0 Å². The quantitative estimate of drug-likeness (QED) is 0.766. The molecule has 2 fully saturated rings. The number of nitrogens with one attached hydrogen (secondary N) is 1. The highest BCUT2D eigenvalue weighted by atomic mass is 16.5. The number of hydrogen-bond acceptors (Lipinski definition) is 5. The molecule has 2 saturated heterocycles. The summed E-state index contributed by atoms with van der Waals surface area (Å²) in [6.07, 6.45) is 0. The molecule has 0 aliphatic carbocycles. The first kappa shape index (κ1) is 19.3. The van der Waals surface area contributed by atoms with Gasteiger partial charge in [0.05, 0.1) is 36.2 Å². The highest BCUT2D eigenvalue weighted by molar-refractivity contribution is 6.16. The Morgan fingerprint density at radius 1 is 0.935 bits per heavy atom. The van der Waals surface area contributed by atoms with Gasteiger partial charge in [-0.05, 0) is 36.8 Å². The number of carbonyl (C=O) groups excluding carboxylic acids is 4. The second-order valence-electron chi connectivity index (χ2n) is 7.89. The third kappa shape index (κ3) is 2.60. The Morgan fingerprint density at radius 2 is 1.65 bits per heavy atom. The van der Waals surface area contributed by atoms with E-state index in [1.165, 1.54) is 16.9 Å². The lowest BCUT2D eigenvalue weighted by atomic mass is 9.86. The number of imide groups is 1. The van der Waals surface area contributed by atoms with Crippen LogP contribution >= 0.6 is 0 Å². The van der Waals surface area contributed by atoms with E-state index in [9.17, 15) is 19.2 Å². The Morgan fingerprint density at radius 3 is 2.35 bits per heavy atom. The Kier molecular flexibility index (Phi) is 4.32. The van der Waals surface area contributed by atoms with E-state index in [1.807, 2.05) is 0 Å². The number of amides is 4. The molecular weight excluding hydrogens is 398 g/mol. The van der Waals surface area contributed by atoms with E-state index in [1.54, 1.807) is 55.5 Å². The van der Waals surface area contributed by atoms with Crippen LogP contribution in [0.25, 0.3) is 0 Å². The number of benzene rings is 2. The molecule has 3 aliphatic rings. The molecule has 4 atom stereocenters. The van der Waals surface area contributed by atoms with Gasteiger partial charge in [0, 0.05) is 6.54 Å². The van der Waals surface area contributed by atoms with Crippen LogP contribution in [-0.4, -0.2) is 53.1 Å². The summed E-state index contributed by atoms with van der Waals surface area (Å²) in [5.74, 6) is -2.80. The van der Waals surface area contributed by atoms with Crippen molar-refractivity contribution in [3.05, 3.63) is 59.7 Å². The van der Waals surface area contributed by atoms with E-state index in [4.69, 9.17) is 4.74 Å². The van der Waals surface area contributed by atoms with Gasteiger partial charge in [-0.3, -0.25) is 24.1 Å². The van der Waals surface area contributed by atoms with Crippen LogP contribution in [0.15, 0.2) is 48.5 Å². The summed E-state index contributed by atoms with van der Waals surface area (Å²) in [6.45, 7) is 1.95. The Labute approximate surface area is 178 Å². The summed E-state index contributed by atoms with van der Waals surface area (Å²) >= 11 is 0. The predicted octanol–water partition coefficient (Wildman–Crippen LogP) is 1.83. The van der Waals surface area contributed by atoms with Crippen molar-refractivity contribution in [2.75, 3.05) is 19.0 Å². The first-order valence-corrected chi connectivity index (χ1v) is 10.2. The molecule has 2 aromatic carbocycles. The van der Waals surface area contributed by atoms with E-state index in [-0.39, 0.29) is 18.4 Å². The van der Waals surface area contributed by atoms with Crippen molar-refractivity contribution in [2.24, 2.45) is 11.8 Å². The second kappa shape index (κ2) is 6.94. The minimum Gasteiger partial charge on any atom is -0.497 e. The number of methoxy groups -OCH3 is 1. The topological polar surface area (TPSA) is 96.0 Å². The Bertz CT molecular complexity index is 1130. The molecule has 0 bridgehead atoms. The van der Waals surface area contributed by atoms with E-state index in [0.717, 1.165) is 0 Å². The zero-order valence-electron chi connectivity index (χ0n) is 17.1. The molecule has 0 unspecified atom stereocenters. The summed E-state index contributed by atoms with van der Waals surface area (Å²) in [5, 5.41) is 2.79. The monoisotopic (exact) mass is 419 g/mol. The lowest BCUT2D eigenvalue weighted by Gasteiger charge is -2.31. The molecule has 3 heterocycles. The van der Waals surface area contributed by atoms with Gasteiger partial charge in [-0.15, -0.1) is 0 Å². The fourth-order valence-electron chi connectivity index (χ4n) is 5.13. The van der Waals surface area contributed by atoms with Crippen molar-refractivity contribution < 1.29 is 23.9 Å². The number of anilines is 1. The number of para-hydroxylation sites is 1. The van der Waals surface area contributed by atoms with Gasteiger partial charge >= 0.3 is 0 Å². The summed E-state index contributed by atoms with van der Waals surface area (Å²) in [7, 11) is 1.53. The standard InChI is InChI=1S/C23H21N3O5/c1-3-25-22(29)16-17(23(25)30)19-20(27)24-15-10-5-4-9-14(15)21(28)26(19)18(16)12-7-6-8-13(11-12)31-2/h4-11,16-19H,3H2,1-2H3,(H,24,27)/t16-,17+,18-,19-/m1/s1. The average Bonchev–Trinajstić information content (AvgIpc) is 3.22. The van der Waals surface area contributed by atoms with Gasteiger partial charge in [-0.2, -0.15) is 0 Å². The van der Waals surface area contributed by atoms with Crippen LogP contribution in [0.4, 0.5) is 5.69 Å². The molecule has 8 nitrogen and oxygen atoms in total. The SMILES string of the molecule is CCN1C(=O)[C@@H]2[C@H](C1=O)[C@@H]1C(=O)Nc3ccccc3C(=O)N1[C@@H]2c1cccc(OC)c1. The van der Waals surface area contributed by atoms with Crippen LogP contribution in [0, 0.1) is 11.8 Å². The number of rotatable bonds is 3. The third-order valence-electron chi connectivity index (χ3n) is 6.44. The van der Waals surface area contributed by atoms with Crippen molar-refractivity contribution in [3.8, 4) is 5.75 Å². The van der Waals surface area contributed by atoms with Gasteiger partial charge in [0.25, 0.3) is 5.91 Å². The number of nitrogens with zero attached hydrogens (tertiary/aromatic N) is 2. The van der Waals surface area contributed by atoms with Crippen LogP contribution in [0.3, 0.4) is 0 Å². The van der Waals surface area contributed by atoms with Crippen molar-refractivity contribution in [1.82, 2.24) is 9.80 Å². The maximum absolute atomic E-state index is 13.7. The van der Waals surface area contributed by atoms with Gasteiger partial charge in [-0.1, -0.05) is 24.3 Å². The van der Waals surface area contributed by atoms with Gasteiger partial charge < -0.3 is 15.0 Å². The molecule has 31 heavy (non-hydrogen) atoms. The summed E-state index contributed by atoms with van der Waals surface area (Å²) in [5.41, 5.74) is 1.38. The van der Waals surface area contributed by atoms with Crippen LogP contribution in [0.5, 0.6) is 5.75 Å². The molecule has 158 valence electrons. The van der Waals surface area contributed by atoms with Crippen molar-refractivity contribution >= 4 is 29.3 Å². The minimum absolute atomic E-state index is 0.220. The molecule has 3 aliphatic heterocycles. The van der Waals surface area contributed by atoms with Crippen LogP contribution in [0.1, 0.15) is 28.9 Å². The smallest absolute Gasteiger partial charge is 0.257 e. The lowest BCUT2D eigenvalue weighted by molar-refractivity contribution is -0.142. The Balaban J connectivity index is 1.73. The number of fused-ring (bicyclic) bond motifs is 4. The molecule has 0 spiro atoms. The molecule has 5 rings (SSSR count). The number of carbonyl (C=O) groups is 4. The fraction of sp³-hybridized carbons (Fsp3) is 0.304. The highest BCUT2D eigenvalue weighted by Gasteiger charge is 2.65. The summed E-state index contributed by atoms with van der Waals surface area (Å²) in [6, 6.07) is 12.0. The molecular formula is C23H21N3O5. The van der Waals surface area contributed by atoms with Crippen LogP contribution in [0.2, 0.25) is 0 Å². The van der Waals surface area contributed by atoms with Gasteiger partial charge in [0.1, 0.15) is 11.8 Å². The van der Waals surface area contributed by atoms with E-state index < -0.39 is 35.7 Å². The van der Waals surface area contributed by atoms with Crippen molar-refractivity contribution in [1.29, 1.82) is 0 Å². The van der Waals surface area contributed by atoms with Gasteiger partial charge in [0.15, 0.2) is 0 Å². The molecule has 0 radical (unpaired) electrons. The third-order valence-corrected chi connectivity index (χ3v) is 6.44.